The topological polar surface area (TPSA) is 30.5 Å². The lowest BCUT2D eigenvalue weighted by atomic mass is 10.3. The molecule has 0 aliphatic carbocycles. The van der Waals surface area contributed by atoms with Crippen LogP contribution in [-0.2, 0) is 9.47 Å². The molecule has 0 saturated carbocycles. The summed E-state index contributed by atoms with van der Waals surface area (Å²) in [5, 5.41) is 3.25. The maximum atomic E-state index is 5.44. The van der Waals surface area contributed by atoms with Gasteiger partial charge in [-0.3, -0.25) is 0 Å². The minimum absolute atomic E-state index is 0.220. The number of nitrogens with one attached hydrogen (secondary N) is 1. The fourth-order valence-corrected chi connectivity index (χ4v) is 1.09. The van der Waals surface area contributed by atoms with Gasteiger partial charge in [0, 0.05) is 13.1 Å². The minimum Gasteiger partial charge on any atom is -0.374 e. The van der Waals surface area contributed by atoms with E-state index in [2.05, 4.69) is 11.9 Å². The van der Waals surface area contributed by atoms with E-state index >= 15 is 0 Å². The Morgan fingerprint density at radius 1 is 1.75 bits per heavy atom. The van der Waals surface area contributed by atoms with Gasteiger partial charge in [0.05, 0.1) is 25.9 Å². The average molecular weight is 171 g/mol. The first-order chi connectivity index (χ1) is 5.79. The Hall–Kier alpha value is -0.380. The molecule has 1 unspecified atom stereocenters. The van der Waals surface area contributed by atoms with Gasteiger partial charge in [-0.15, -0.1) is 0 Å². The highest BCUT2D eigenvalue weighted by Crippen LogP contribution is 1.97. The Kier molecular flexibility index (Phi) is 4.29. The van der Waals surface area contributed by atoms with E-state index in [1.54, 1.807) is 0 Å². The highest BCUT2D eigenvalue weighted by Gasteiger charge is 2.12. The number of morpholine rings is 1. The van der Waals surface area contributed by atoms with E-state index < -0.39 is 0 Å². The van der Waals surface area contributed by atoms with Gasteiger partial charge in [0.1, 0.15) is 0 Å². The molecule has 12 heavy (non-hydrogen) atoms. The summed E-state index contributed by atoms with van der Waals surface area (Å²) in [6, 6.07) is 0. The molecule has 1 N–H and O–H groups in total. The lowest BCUT2D eigenvalue weighted by Crippen LogP contribution is -2.41. The van der Waals surface area contributed by atoms with Crippen molar-refractivity contribution in [1.29, 1.82) is 0 Å². The van der Waals surface area contributed by atoms with Gasteiger partial charge in [0.15, 0.2) is 0 Å². The van der Waals surface area contributed by atoms with E-state index in [0.29, 0.717) is 13.2 Å². The second-order valence-corrected chi connectivity index (χ2v) is 3.17. The van der Waals surface area contributed by atoms with Gasteiger partial charge in [-0.2, -0.15) is 0 Å². The van der Waals surface area contributed by atoms with Crippen molar-refractivity contribution in [1.82, 2.24) is 5.32 Å². The molecule has 0 amide bonds. The maximum absolute atomic E-state index is 5.44. The molecule has 1 heterocycles. The van der Waals surface area contributed by atoms with Crippen LogP contribution in [0.4, 0.5) is 0 Å². The number of hydrogen-bond acceptors (Lipinski definition) is 3. The molecular weight excluding hydrogens is 154 g/mol. The molecule has 1 aliphatic rings. The van der Waals surface area contributed by atoms with Gasteiger partial charge in [0.25, 0.3) is 0 Å². The normalized spacial score (nSPS) is 23.9. The van der Waals surface area contributed by atoms with Crippen molar-refractivity contribution < 1.29 is 9.47 Å². The molecule has 1 rings (SSSR count). The van der Waals surface area contributed by atoms with Gasteiger partial charge >= 0.3 is 0 Å². The van der Waals surface area contributed by atoms with E-state index in [1.807, 2.05) is 6.92 Å². The first kappa shape index (κ1) is 9.71. The number of hydrogen-bond donors (Lipinski definition) is 1. The molecule has 1 fully saturated rings. The molecule has 0 aromatic rings. The summed E-state index contributed by atoms with van der Waals surface area (Å²) >= 11 is 0. The predicted molar refractivity (Wildman–Crippen MR) is 48.2 cm³/mol. The fraction of sp³-hybridized carbons (Fsp3) is 0.778. The summed E-state index contributed by atoms with van der Waals surface area (Å²) in [5.41, 5.74) is 1.05. The van der Waals surface area contributed by atoms with Crippen molar-refractivity contribution in [3.8, 4) is 0 Å². The van der Waals surface area contributed by atoms with Crippen LogP contribution in [0.5, 0.6) is 0 Å². The third kappa shape index (κ3) is 3.85. The molecule has 1 atom stereocenters. The van der Waals surface area contributed by atoms with Gasteiger partial charge < -0.3 is 14.8 Å². The van der Waals surface area contributed by atoms with Crippen LogP contribution in [0.1, 0.15) is 6.92 Å². The third-order valence-corrected chi connectivity index (χ3v) is 1.66. The summed E-state index contributed by atoms with van der Waals surface area (Å²) in [6.07, 6.45) is 0.220. The zero-order valence-corrected chi connectivity index (χ0v) is 7.64. The monoisotopic (exact) mass is 171 g/mol. The lowest BCUT2D eigenvalue weighted by Gasteiger charge is -2.23. The zero-order valence-electron chi connectivity index (χ0n) is 7.64. The quantitative estimate of drug-likeness (QED) is 0.627. The molecule has 0 aromatic carbocycles. The first-order valence-corrected chi connectivity index (χ1v) is 4.33. The molecule has 70 valence electrons. The Labute approximate surface area is 73.7 Å². The van der Waals surface area contributed by atoms with Crippen molar-refractivity contribution in [3.05, 3.63) is 12.2 Å². The van der Waals surface area contributed by atoms with Gasteiger partial charge in [-0.05, 0) is 6.92 Å². The van der Waals surface area contributed by atoms with E-state index in [1.165, 1.54) is 0 Å². The molecule has 0 radical (unpaired) electrons. The fourth-order valence-electron chi connectivity index (χ4n) is 1.09. The van der Waals surface area contributed by atoms with Crippen molar-refractivity contribution in [2.75, 3.05) is 32.9 Å². The summed E-state index contributed by atoms with van der Waals surface area (Å²) in [7, 11) is 0. The Morgan fingerprint density at radius 3 is 3.17 bits per heavy atom. The van der Waals surface area contributed by atoms with Gasteiger partial charge in [-0.1, -0.05) is 12.2 Å². The third-order valence-electron chi connectivity index (χ3n) is 1.66. The van der Waals surface area contributed by atoms with Crippen molar-refractivity contribution in [2.45, 2.75) is 13.0 Å². The molecule has 0 bridgehead atoms. The summed E-state index contributed by atoms with van der Waals surface area (Å²) in [5.74, 6) is 0. The van der Waals surface area contributed by atoms with Crippen molar-refractivity contribution >= 4 is 0 Å². The van der Waals surface area contributed by atoms with Crippen LogP contribution in [0.25, 0.3) is 0 Å². The number of ether oxygens (including phenoxy) is 2. The molecule has 3 heteroatoms. The molecule has 1 aliphatic heterocycles. The van der Waals surface area contributed by atoms with Crippen LogP contribution in [0.3, 0.4) is 0 Å². The second kappa shape index (κ2) is 5.30. The van der Waals surface area contributed by atoms with E-state index in [4.69, 9.17) is 9.47 Å². The van der Waals surface area contributed by atoms with Crippen molar-refractivity contribution in [3.63, 3.8) is 0 Å². The van der Waals surface area contributed by atoms with Crippen LogP contribution in [0.2, 0.25) is 0 Å². The first-order valence-electron chi connectivity index (χ1n) is 4.33. The van der Waals surface area contributed by atoms with Crippen LogP contribution in [0.15, 0.2) is 12.2 Å². The van der Waals surface area contributed by atoms with Crippen LogP contribution in [-0.4, -0.2) is 39.0 Å². The van der Waals surface area contributed by atoms with Crippen LogP contribution in [0, 0.1) is 0 Å². The molecular formula is C9H17NO2. The SMILES string of the molecule is C=C(C)COCC1CNCCO1. The highest BCUT2D eigenvalue weighted by atomic mass is 16.5. The Bertz CT molecular complexity index is 141. The summed E-state index contributed by atoms with van der Waals surface area (Å²) < 4.78 is 10.8. The standard InChI is InChI=1S/C9H17NO2/c1-8(2)6-11-7-9-5-10-3-4-12-9/h9-10H,1,3-7H2,2H3. The van der Waals surface area contributed by atoms with Crippen LogP contribution < -0.4 is 5.32 Å². The second-order valence-electron chi connectivity index (χ2n) is 3.17. The molecule has 3 nitrogen and oxygen atoms in total. The molecule has 0 aromatic heterocycles. The smallest absolute Gasteiger partial charge is 0.0933 e. The Balaban J connectivity index is 2.01. The Morgan fingerprint density at radius 2 is 2.58 bits per heavy atom. The zero-order chi connectivity index (χ0) is 8.81. The van der Waals surface area contributed by atoms with Crippen molar-refractivity contribution in [2.24, 2.45) is 0 Å². The van der Waals surface area contributed by atoms with Gasteiger partial charge in [0.2, 0.25) is 0 Å². The summed E-state index contributed by atoms with van der Waals surface area (Å²) in [6.45, 7) is 9.67. The lowest BCUT2D eigenvalue weighted by molar-refractivity contribution is -0.0267. The minimum atomic E-state index is 0.220. The van der Waals surface area contributed by atoms with E-state index in [9.17, 15) is 0 Å². The summed E-state index contributed by atoms with van der Waals surface area (Å²) in [4.78, 5) is 0. The van der Waals surface area contributed by atoms with Crippen LogP contribution >= 0.6 is 0 Å². The highest BCUT2D eigenvalue weighted by molar-refractivity contribution is 4.87. The molecule has 0 spiro atoms. The predicted octanol–water partition coefficient (Wildman–Crippen LogP) is 0.567. The van der Waals surface area contributed by atoms with E-state index in [0.717, 1.165) is 25.3 Å². The van der Waals surface area contributed by atoms with Gasteiger partial charge in [-0.25, -0.2) is 0 Å². The molecule has 1 saturated heterocycles. The van der Waals surface area contributed by atoms with E-state index in [-0.39, 0.29) is 6.10 Å². The maximum Gasteiger partial charge on any atom is 0.0933 e. The average Bonchev–Trinajstić information content (AvgIpc) is 2.05. The largest absolute Gasteiger partial charge is 0.374 e. The number of rotatable bonds is 4.